The normalized spacial score (nSPS) is 15.4. The van der Waals surface area contributed by atoms with Crippen molar-refractivity contribution in [2.24, 2.45) is 0 Å². The zero-order valence-corrected chi connectivity index (χ0v) is 18.7. The summed E-state index contributed by atoms with van der Waals surface area (Å²) in [6.45, 7) is 1.96. The van der Waals surface area contributed by atoms with Gasteiger partial charge in [0.25, 0.3) is 0 Å². The van der Waals surface area contributed by atoms with E-state index >= 15 is 0 Å². The van der Waals surface area contributed by atoms with Gasteiger partial charge in [-0.1, -0.05) is 30.3 Å². The lowest BCUT2D eigenvalue weighted by Crippen LogP contribution is -2.11. The number of hydrogen-bond acceptors (Lipinski definition) is 7. The fourth-order valence-electron chi connectivity index (χ4n) is 3.58. The summed E-state index contributed by atoms with van der Waals surface area (Å²) in [5.74, 6) is 3.52. The van der Waals surface area contributed by atoms with Gasteiger partial charge in [-0.05, 0) is 24.6 Å². The lowest BCUT2D eigenvalue weighted by atomic mass is 10.1. The Hall–Kier alpha value is -3.52. The zero-order valence-electron chi connectivity index (χ0n) is 17.9. The van der Waals surface area contributed by atoms with Crippen molar-refractivity contribution in [1.82, 2.24) is 19.5 Å². The molecule has 4 aromatic rings. The van der Waals surface area contributed by atoms with E-state index in [1.54, 1.807) is 13.4 Å². The SMILES string of the molecule is COc1cc(Nc2ncc3c(n2)OC(c2ccccc2)CSC3)ccc1-n1cnc(C)c1. The first-order valence-electron chi connectivity index (χ1n) is 10.3. The van der Waals surface area contributed by atoms with Crippen LogP contribution in [0.15, 0.2) is 67.3 Å². The van der Waals surface area contributed by atoms with Crippen LogP contribution in [0.2, 0.25) is 0 Å². The Bertz CT molecular complexity index is 1230. The van der Waals surface area contributed by atoms with E-state index in [4.69, 9.17) is 9.47 Å². The molecule has 7 nitrogen and oxygen atoms in total. The largest absolute Gasteiger partial charge is 0.494 e. The van der Waals surface area contributed by atoms with E-state index in [1.807, 2.05) is 72.0 Å². The molecule has 5 rings (SSSR count). The second-order valence-corrected chi connectivity index (χ2v) is 8.52. The highest BCUT2D eigenvalue weighted by atomic mass is 32.2. The van der Waals surface area contributed by atoms with Crippen molar-refractivity contribution in [3.63, 3.8) is 0 Å². The fourth-order valence-corrected chi connectivity index (χ4v) is 4.59. The molecule has 0 spiro atoms. The van der Waals surface area contributed by atoms with Crippen molar-refractivity contribution < 1.29 is 9.47 Å². The van der Waals surface area contributed by atoms with E-state index in [2.05, 4.69) is 32.4 Å². The minimum absolute atomic E-state index is 0.0387. The molecule has 1 atom stereocenters. The summed E-state index contributed by atoms with van der Waals surface area (Å²) in [7, 11) is 1.65. The number of benzene rings is 2. The van der Waals surface area contributed by atoms with Gasteiger partial charge in [0.2, 0.25) is 11.8 Å². The number of fused-ring (bicyclic) bond motifs is 1. The molecular formula is C24H23N5O2S. The van der Waals surface area contributed by atoms with Crippen LogP contribution in [-0.2, 0) is 5.75 Å². The van der Waals surface area contributed by atoms with E-state index in [0.29, 0.717) is 11.8 Å². The lowest BCUT2D eigenvalue weighted by molar-refractivity contribution is 0.222. The molecule has 2 aromatic carbocycles. The fraction of sp³-hybridized carbons (Fsp3) is 0.208. The molecule has 0 bridgehead atoms. The van der Waals surface area contributed by atoms with Crippen LogP contribution in [0.5, 0.6) is 11.6 Å². The number of nitrogens with one attached hydrogen (secondary N) is 1. The minimum atomic E-state index is -0.0387. The molecular weight excluding hydrogens is 422 g/mol. The molecule has 2 aromatic heterocycles. The van der Waals surface area contributed by atoms with Gasteiger partial charge < -0.3 is 19.4 Å². The highest BCUT2D eigenvalue weighted by Crippen LogP contribution is 2.34. The Morgan fingerprint density at radius 3 is 2.81 bits per heavy atom. The number of anilines is 2. The molecule has 0 aliphatic carbocycles. The van der Waals surface area contributed by atoms with Crippen LogP contribution in [-0.4, -0.2) is 32.4 Å². The van der Waals surface area contributed by atoms with Crippen molar-refractivity contribution in [1.29, 1.82) is 0 Å². The average molecular weight is 446 g/mol. The predicted molar refractivity (Wildman–Crippen MR) is 126 cm³/mol. The van der Waals surface area contributed by atoms with Gasteiger partial charge in [-0.3, -0.25) is 0 Å². The van der Waals surface area contributed by atoms with Gasteiger partial charge >= 0.3 is 0 Å². The number of aromatic nitrogens is 4. The molecule has 0 saturated heterocycles. The van der Waals surface area contributed by atoms with E-state index in [1.165, 1.54) is 0 Å². The Labute approximate surface area is 190 Å². The van der Waals surface area contributed by atoms with Gasteiger partial charge in [-0.15, -0.1) is 0 Å². The Morgan fingerprint density at radius 1 is 1.16 bits per heavy atom. The highest BCUT2D eigenvalue weighted by Gasteiger charge is 2.21. The first-order chi connectivity index (χ1) is 15.7. The molecule has 0 fully saturated rings. The third-order valence-electron chi connectivity index (χ3n) is 5.20. The summed E-state index contributed by atoms with van der Waals surface area (Å²) in [6.07, 6.45) is 5.53. The number of aryl methyl sites for hydroxylation is 1. The maximum atomic E-state index is 6.30. The second kappa shape index (κ2) is 8.92. The van der Waals surface area contributed by atoms with Crippen molar-refractivity contribution in [2.45, 2.75) is 18.8 Å². The zero-order chi connectivity index (χ0) is 21.9. The molecule has 0 saturated carbocycles. The molecule has 0 amide bonds. The van der Waals surface area contributed by atoms with Gasteiger partial charge in [0.05, 0.1) is 24.8 Å². The Kier molecular flexibility index (Phi) is 5.68. The van der Waals surface area contributed by atoms with E-state index < -0.39 is 0 Å². The van der Waals surface area contributed by atoms with Crippen molar-refractivity contribution >= 4 is 23.4 Å². The standard InChI is InChI=1S/C24H23N5O2S/c1-16-12-29(15-26-16)20-9-8-19(10-21(20)30-2)27-24-25-11-18-13-32-14-22(31-23(18)28-24)17-6-4-3-5-7-17/h3-12,15,22H,13-14H2,1-2H3,(H,25,27,28). The summed E-state index contributed by atoms with van der Waals surface area (Å²) in [5.41, 5.74) is 4.83. The monoisotopic (exact) mass is 445 g/mol. The topological polar surface area (TPSA) is 74.1 Å². The van der Waals surface area contributed by atoms with Crippen molar-refractivity contribution in [3.05, 3.63) is 84.1 Å². The third kappa shape index (κ3) is 4.27. The Morgan fingerprint density at radius 2 is 2.03 bits per heavy atom. The summed E-state index contributed by atoms with van der Waals surface area (Å²) < 4.78 is 13.8. The molecule has 1 aliphatic heterocycles. The quantitative estimate of drug-likeness (QED) is 0.459. The number of thioether (sulfide) groups is 1. The molecule has 0 radical (unpaired) electrons. The maximum absolute atomic E-state index is 6.30. The molecule has 1 aliphatic rings. The summed E-state index contributed by atoms with van der Waals surface area (Å²) >= 11 is 1.83. The maximum Gasteiger partial charge on any atom is 0.230 e. The lowest BCUT2D eigenvalue weighted by Gasteiger charge is -2.17. The number of imidazole rings is 1. The Balaban J connectivity index is 1.39. The van der Waals surface area contributed by atoms with Crippen molar-refractivity contribution in [3.8, 4) is 17.3 Å². The molecule has 3 heterocycles. The van der Waals surface area contributed by atoms with Crippen LogP contribution in [0, 0.1) is 6.92 Å². The van der Waals surface area contributed by atoms with Crippen LogP contribution in [0.3, 0.4) is 0 Å². The third-order valence-corrected chi connectivity index (χ3v) is 6.26. The first-order valence-corrected chi connectivity index (χ1v) is 11.5. The van der Waals surface area contributed by atoms with Gasteiger partial charge in [0.15, 0.2) is 0 Å². The molecule has 1 N–H and O–H groups in total. The highest BCUT2D eigenvalue weighted by molar-refractivity contribution is 7.98. The average Bonchev–Trinajstić information content (AvgIpc) is 3.14. The van der Waals surface area contributed by atoms with Crippen molar-refractivity contribution in [2.75, 3.05) is 18.2 Å². The van der Waals surface area contributed by atoms with Crippen LogP contribution in [0.4, 0.5) is 11.6 Å². The van der Waals surface area contributed by atoms with Gasteiger partial charge in [0, 0.05) is 41.2 Å². The summed E-state index contributed by atoms with van der Waals surface area (Å²) in [4.78, 5) is 13.5. The number of rotatable bonds is 5. The van der Waals surface area contributed by atoms with Crippen LogP contribution < -0.4 is 14.8 Å². The van der Waals surface area contributed by atoms with Crippen LogP contribution in [0.25, 0.3) is 5.69 Å². The summed E-state index contributed by atoms with van der Waals surface area (Å²) in [6, 6.07) is 16.1. The number of methoxy groups -OCH3 is 1. The van der Waals surface area contributed by atoms with E-state index in [9.17, 15) is 0 Å². The van der Waals surface area contributed by atoms with Crippen LogP contribution in [0.1, 0.15) is 22.9 Å². The van der Waals surface area contributed by atoms with Gasteiger partial charge in [0.1, 0.15) is 11.9 Å². The second-order valence-electron chi connectivity index (χ2n) is 7.49. The molecule has 162 valence electrons. The number of ether oxygens (including phenoxy) is 2. The molecule has 32 heavy (non-hydrogen) atoms. The molecule has 1 unspecified atom stereocenters. The minimum Gasteiger partial charge on any atom is -0.494 e. The van der Waals surface area contributed by atoms with E-state index in [0.717, 1.165) is 45.5 Å². The predicted octanol–water partition coefficient (Wildman–Crippen LogP) is 5.09. The van der Waals surface area contributed by atoms with Gasteiger partial charge in [-0.2, -0.15) is 16.7 Å². The number of hydrogen-bond donors (Lipinski definition) is 1. The smallest absolute Gasteiger partial charge is 0.230 e. The molecule has 8 heteroatoms. The number of nitrogens with zero attached hydrogens (tertiary/aromatic N) is 4. The first kappa shape index (κ1) is 20.4. The van der Waals surface area contributed by atoms with E-state index in [-0.39, 0.29) is 6.10 Å². The van der Waals surface area contributed by atoms with Crippen LogP contribution >= 0.6 is 11.8 Å². The summed E-state index contributed by atoms with van der Waals surface area (Å²) in [5, 5.41) is 3.27. The van der Waals surface area contributed by atoms with Gasteiger partial charge in [-0.25, -0.2) is 9.97 Å².